The van der Waals surface area contributed by atoms with Gasteiger partial charge in [-0.05, 0) is 39.8 Å². The summed E-state index contributed by atoms with van der Waals surface area (Å²) >= 11 is 0. The number of aliphatic hydroxyl groups excluding tert-OH is 1. The number of urea groups is 1. The molecule has 128 valence electrons. The van der Waals surface area contributed by atoms with Gasteiger partial charge >= 0.3 is 6.03 Å². The van der Waals surface area contributed by atoms with Crippen molar-refractivity contribution in [2.75, 3.05) is 13.2 Å². The first kappa shape index (κ1) is 18.9. The van der Waals surface area contributed by atoms with Gasteiger partial charge in [-0.1, -0.05) is 11.6 Å². The average Bonchev–Trinajstić information content (AvgIpc) is 2.43. The number of aryl methyl sites for hydroxylation is 1. The van der Waals surface area contributed by atoms with E-state index in [1.165, 1.54) is 6.21 Å². The van der Waals surface area contributed by atoms with Crippen molar-refractivity contribution >= 4 is 12.2 Å². The van der Waals surface area contributed by atoms with Crippen molar-refractivity contribution in [1.29, 1.82) is 0 Å². The smallest absolute Gasteiger partial charge is 0.332 e. The van der Waals surface area contributed by atoms with E-state index >= 15 is 0 Å². The van der Waals surface area contributed by atoms with Crippen molar-refractivity contribution in [3.8, 4) is 5.75 Å². The predicted octanol–water partition coefficient (Wildman–Crippen LogP) is 1.13. The first-order chi connectivity index (χ1) is 10.7. The summed E-state index contributed by atoms with van der Waals surface area (Å²) in [5.74, 6) is 0.570. The Labute approximate surface area is 136 Å². The summed E-state index contributed by atoms with van der Waals surface area (Å²) in [6, 6.07) is 4.82. The van der Waals surface area contributed by atoms with Gasteiger partial charge in [-0.25, -0.2) is 10.2 Å². The minimum absolute atomic E-state index is 0.0664. The van der Waals surface area contributed by atoms with Crippen molar-refractivity contribution in [3.63, 3.8) is 0 Å². The van der Waals surface area contributed by atoms with Crippen molar-refractivity contribution in [3.05, 3.63) is 29.3 Å². The topological polar surface area (TPSA) is 109 Å². The zero-order chi connectivity index (χ0) is 17.5. The summed E-state index contributed by atoms with van der Waals surface area (Å²) in [5.41, 5.74) is 8.74. The van der Waals surface area contributed by atoms with Crippen LogP contribution in [-0.4, -0.2) is 42.1 Å². The number of amides is 2. The van der Waals surface area contributed by atoms with E-state index in [1.54, 1.807) is 6.07 Å². The van der Waals surface area contributed by atoms with Crippen LogP contribution in [0.1, 0.15) is 31.9 Å². The third-order valence-electron chi connectivity index (χ3n) is 2.84. The quantitative estimate of drug-likeness (QED) is 0.445. The molecule has 1 aromatic carbocycles. The number of ether oxygens (including phenoxy) is 1. The number of primary amides is 1. The molecule has 0 spiro atoms. The summed E-state index contributed by atoms with van der Waals surface area (Å²) in [4.78, 5) is 10.6. The molecule has 7 nitrogen and oxygen atoms in total. The minimum Gasteiger partial charge on any atom is -0.490 e. The van der Waals surface area contributed by atoms with Crippen LogP contribution in [0.4, 0.5) is 4.79 Å². The van der Waals surface area contributed by atoms with Crippen LogP contribution in [0.5, 0.6) is 5.75 Å². The van der Waals surface area contributed by atoms with E-state index in [9.17, 15) is 9.90 Å². The second-order valence-corrected chi connectivity index (χ2v) is 6.37. The number of hydrogen-bond donors (Lipinski definition) is 4. The number of nitrogens with one attached hydrogen (secondary N) is 2. The highest BCUT2D eigenvalue weighted by Gasteiger charge is 2.13. The number of carbonyl (C=O) groups is 1. The number of rotatable bonds is 7. The first-order valence-corrected chi connectivity index (χ1v) is 7.42. The number of benzene rings is 1. The number of carbonyl (C=O) groups excluding carboxylic acids is 1. The Bertz CT molecular complexity index is 553. The Hall–Kier alpha value is -2.12. The van der Waals surface area contributed by atoms with Gasteiger partial charge in [0, 0.05) is 17.6 Å². The molecule has 0 aliphatic carbocycles. The van der Waals surface area contributed by atoms with E-state index in [-0.39, 0.29) is 12.1 Å². The number of β-amino-alcohol motifs (C(OH)–C–C–N with tert-alkyl or cyclic N) is 1. The Kier molecular flexibility index (Phi) is 6.99. The van der Waals surface area contributed by atoms with Gasteiger partial charge in [0.2, 0.25) is 0 Å². The number of nitrogens with two attached hydrogens (primary N) is 1. The van der Waals surface area contributed by atoms with Crippen LogP contribution in [0.2, 0.25) is 0 Å². The van der Waals surface area contributed by atoms with Gasteiger partial charge in [0.15, 0.2) is 0 Å². The zero-order valence-corrected chi connectivity index (χ0v) is 14.1. The van der Waals surface area contributed by atoms with Crippen molar-refractivity contribution < 1.29 is 14.6 Å². The molecule has 0 saturated carbocycles. The van der Waals surface area contributed by atoms with Crippen LogP contribution in [0.25, 0.3) is 0 Å². The van der Waals surface area contributed by atoms with E-state index in [0.717, 1.165) is 5.56 Å². The maximum absolute atomic E-state index is 10.6. The molecule has 0 aliphatic rings. The molecule has 1 rings (SSSR count). The largest absolute Gasteiger partial charge is 0.490 e. The molecule has 0 aromatic heterocycles. The van der Waals surface area contributed by atoms with Crippen molar-refractivity contribution in [1.82, 2.24) is 10.7 Å². The van der Waals surface area contributed by atoms with Gasteiger partial charge in [-0.2, -0.15) is 5.10 Å². The predicted molar refractivity (Wildman–Crippen MR) is 90.7 cm³/mol. The fourth-order valence-electron chi connectivity index (χ4n) is 1.73. The third-order valence-corrected chi connectivity index (χ3v) is 2.84. The van der Waals surface area contributed by atoms with Gasteiger partial charge in [-0.3, -0.25) is 0 Å². The van der Waals surface area contributed by atoms with Gasteiger partial charge in [0.1, 0.15) is 18.5 Å². The fourth-order valence-corrected chi connectivity index (χ4v) is 1.73. The van der Waals surface area contributed by atoms with Crippen LogP contribution in [-0.2, 0) is 0 Å². The minimum atomic E-state index is -0.736. The molecular formula is C16H26N4O3. The molecule has 1 unspecified atom stereocenters. The molecule has 23 heavy (non-hydrogen) atoms. The number of hydrazone groups is 1. The Balaban J connectivity index is 2.65. The Morgan fingerprint density at radius 1 is 1.48 bits per heavy atom. The van der Waals surface area contributed by atoms with E-state index in [2.05, 4.69) is 15.8 Å². The molecule has 0 heterocycles. The summed E-state index contributed by atoms with van der Waals surface area (Å²) in [7, 11) is 0. The lowest BCUT2D eigenvalue weighted by molar-refractivity contribution is 0.1000. The summed E-state index contributed by atoms with van der Waals surface area (Å²) < 4.78 is 5.65. The molecular weight excluding hydrogens is 296 g/mol. The number of nitrogens with zero attached hydrogens (tertiary/aromatic N) is 1. The van der Waals surface area contributed by atoms with Crippen LogP contribution in [0, 0.1) is 6.92 Å². The van der Waals surface area contributed by atoms with Crippen LogP contribution >= 0.6 is 0 Å². The molecule has 2 amide bonds. The van der Waals surface area contributed by atoms with Gasteiger partial charge in [0.05, 0.1) is 6.21 Å². The molecule has 0 radical (unpaired) electrons. The Morgan fingerprint density at radius 3 is 2.78 bits per heavy atom. The molecule has 0 saturated heterocycles. The van der Waals surface area contributed by atoms with Crippen molar-refractivity contribution in [2.24, 2.45) is 10.8 Å². The number of hydrogen-bond acceptors (Lipinski definition) is 5. The summed E-state index contributed by atoms with van der Waals surface area (Å²) in [5, 5.41) is 16.9. The lowest BCUT2D eigenvalue weighted by Gasteiger charge is -2.23. The summed E-state index contributed by atoms with van der Waals surface area (Å²) in [6.45, 7) is 8.60. The van der Waals surface area contributed by atoms with Gasteiger partial charge < -0.3 is 20.9 Å². The monoisotopic (exact) mass is 322 g/mol. The van der Waals surface area contributed by atoms with E-state index < -0.39 is 12.1 Å². The second kappa shape index (κ2) is 8.50. The van der Waals surface area contributed by atoms with Crippen LogP contribution in [0.15, 0.2) is 23.3 Å². The van der Waals surface area contributed by atoms with Crippen molar-refractivity contribution in [2.45, 2.75) is 39.3 Å². The van der Waals surface area contributed by atoms with E-state index in [4.69, 9.17) is 10.5 Å². The van der Waals surface area contributed by atoms with E-state index in [0.29, 0.717) is 17.9 Å². The fraction of sp³-hybridized carbons (Fsp3) is 0.500. The molecule has 0 bridgehead atoms. The summed E-state index contributed by atoms with van der Waals surface area (Å²) in [6.07, 6.45) is 0.816. The second-order valence-electron chi connectivity index (χ2n) is 6.37. The third kappa shape index (κ3) is 8.18. The molecule has 0 aliphatic heterocycles. The highest BCUT2D eigenvalue weighted by atomic mass is 16.5. The van der Waals surface area contributed by atoms with Crippen LogP contribution < -0.4 is 21.2 Å². The molecule has 5 N–H and O–H groups in total. The number of aliphatic hydroxyl groups is 1. The van der Waals surface area contributed by atoms with Gasteiger partial charge in [0.25, 0.3) is 0 Å². The van der Waals surface area contributed by atoms with E-state index in [1.807, 2.05) is 39.8 Å². The normalized spacial score (nSPS) is 13.1. The Morgan fingerprint density at radius 2 is 2.17 bits per heavy atom. The molecule has 1 atom stereocenters. The maximum Gasteiger partial charge on any atom is 0.332 e. The lowest BCUT2D eigenvalue weighted by Crippen LogP contribution is -2.42. The standard InChI is InChI=1S/C16H26N4O3/c1-11-5-6-14(12(7-11)8-19-20-15(17)22)23-10-13(21)9-18-16(2,3)4/h5-8,13,18,21H,9-10H2,1-4H3,(H3,17,20,22)/b19-8+. The van der Waals surface area contributed by atoms with Gasteiger partial charge in [-0.15, -0.1) is 0 Å². The highest BCUT2D eigenvalue weighted by Crippen LogP contribution is 2.18. The average molecular weight is 322 g/mol. The zero-order valence-electron chi connectivity index (χ0n) is 14.1. The first-order valence-electron chi connectivity index (χ1n) is 7.42. The lowest BCUT2D eigenvalue weighted by atomic mass is 10.1. The molecule has 0 fully saturated rings. The SMILES string of the molecule is Cc1ccc(OCC(O)CNC(C)(C)C)c(/C=N/NC(N)=O)c1. The maximum atomic E-state index is 10.6. The molecule has 1 aromatic rings. The molecule has 7 heteroatoms. The van der Waals surface area contributed by atoms with Crippen LogP contribution in [0.3, 0.4) is 0 Å². The highest BCUT2D eigenvalue weighted by molar-refractivity contribution is 5.85.